The number of piperidine rings is 1. The third kappa shape index (κ3) is 6.12. The highest BCUT2D eigenvalue weighted by Gasteiger charge is 2.68. The molecule has 42 heavy (non-hydrogen) atoms. The van der Waals surface area contributed by atoms with Crippen molar-refractivity contribution in [3.05, 3.63) is 47.5 Å². The van der Waals surface area contributed by atoms with Crippen LogP contribution in [0.15, 0.2) is 42.0 Å². The van der Waals surface area contributed by atoms with E-state index in [0.717, 1.165) is 31.2 Å². The van der Waals surface area contributed by atoms with Crippen molar-refractivity contribution in [2.24, 2.45) is 22.7 Å². The molecule has 1 aromatic carbocycles. The first kappa shape index (κ1) is 30.6. The second-order valence-electron chi connectivity index (χ2n) is 14.6. The number of ether oxygens (including phenoxy) is 1. The normalized spacial score (nSPS) is 30.9. The molecule has 2 saturated heterocycles. The van der Waals surface area contributed by atoms with Crippen molar-refractivity contribution in [1.82, 2.24) is 10.2 Å². The lowest BCUT2D eigenvalue weighted by Gasteiger charge is -2.64. The van der Waals surface area contributed by atoms with Crippen molar-refractivity contribution in [1.29, 1.82) is 5.26 Å². The van der Waals surface area contributed by atoms with Crippen LogP contribution in [-0.4, -0.2) is 60.9 Å². The third-order valence-corrected chi connectivity index (χ3v) is 10.1. The van der Waals surface area contributed by atoms with Gasteiger partial charge >= 0.3 is 13.2 Å². The summed E-state index contributed by atoms with van der Waals surface area (Å²) in [5, 5.41) is 12.7. The monoisotopic (exact) mass is 575 g/mol. The first-order valence-electron chi connectivity index (χ1n) is 15.6. The second-order valence-corrected chi connectivity index (χ2v) is 14.6. The number of likely N-dealkylation sites (tertiary alicyclic amines) is 1. The van der Waals surface area contributed by atoms with E-state index >= 15 is 0 Å². The highest BCUT2D eigenvalue weighted by molar-refractivity contribution is 6.47. The zero-order chi connectivity index (χ0) is 30.3. The van der Waals surface area contributed by atoms with Gasteiger partial charge in [0.1, 0.15) is 18.2 Å². The number of hydrogen-bond acceptors (Lipinski definition) is 6. The van der Waals surface area contributed by atoms with E-state index in [1.165, 1.54) is 0 Å². The molecule has 2 amide bonds. The van der Waals surface area contributed by atoms with Crippen LogP contribution in [0.1, 0.15) is 79.2 Å². The minimum atomic E-state index is -0.587. The summed E-state index contributed by atoms with van der Waals surface area (Å²) in [7, 11) is -0.587. The lowest BCUT2D eigenvalue weighted by atomic mass is 9.43. The number of benzene rings is 1. The van der Waals surface area contributed by atoms with E-state index in [-0.39, 0.29) is 46.7 Å². The molecule has 226 valence electrons. The first-order valence-corrected chi connectivity index (χ1v) is 15.6. The molecule has 0 radical (unpaired) electrons. The summed E-state index contributed by atoms with van der Waals surface area (Å²) < 4.78 is 19.0. The van der Waals surface area contributed by atoms with Gasteiger partial charge in [0.15, 0.2) is 0 Å². The number of rotatable bonds is 7. The molecule has 1 aromatic rings. The van der Waals surface area contributed by atoms with Gasteiger partial charge < -0.3 is 24.3 Å². The molecular weight excluding hydrogens is 529 g/mol. The summed E-state index contributed by atoms with van der Waals surface area (Å²) in [4.78, 5) is 28.2. The Morgan fingerprint density at radius 2 is 1.95 bits per heavy atom. The number of carbonyl (C=O) groups excluding carboxylic acids is 2. The van der Waals surface area contributed by atoms with E-state index < -0.39 is 19.2 Å². The van der Waals surface area contributed by atoms with Crippen LogP contribution >= 0.6 is 0 Å². The Morgan fingerprint density at radius 1 is 1.21 bits per heavy atom. The van der Waals surface area contributed by atoms with Crippen molar-refractivity contribution >= 4 is 19.1 Å². The molecule has 9 heteroatoms. The topological polar surface area (TPSA) is 101 Å². The maximum atomic E-state index is 13.3. The summed E-state index contributed by atoms with van der Waals surface area (Å²) in [5.74, 6) is 0.317. The van der Waals surface area contributed by atoms with Gasteiger partial charge in [0.05, 0.1) is 23.7 Å². The van der Waals surface area contributed by atoms with Gasteiger partial charge in [-0.2, -0.15) is 5.26 Å². The zero-order valence-corrected chi connectivity index (χ0v) is 26.0. The van der Waals surface area contributed by atoms with Gasteiger partial charge in [-0.3, -0.25) is 4.79 Å². The van der Waals surface area contributed by atoms with Gasteiger partial charge in [0.2, 0.25) is 0 Å². The largest absolute Gasteiger partial charge is 0.482 e. The number of carbonyl (C=O) groups is 2. The van der Waals surface area contributed by atoms with E-state index in [1.807, 2.05) is 51.1 Å². The number of allylic oxidation sites excluding steroid dienone is 1. The van der Waals surface area contributed by atoms with Crippen molar-refractivity contribution in [2.45, 2.75) is 104 Å². The Bertz CT molecular complexity index is 1240. The van der Waals surface area contributed by atoms with Crippen molar-refractivity contribution < 1.29 is 23.6 Å². The minimum Gasteiger partial charge on any atom is -0.447 e. The molecule has 1 unspecified atom stereocenters. The number of nitrogens with one attached hydrogen (secondary N) is 1. The molecule has 5 fully saturated rings. The average molecular weight is 576 g/mol. The molecule has 5 aliphatic rings. The predicted molar refractivity (Wildman–Crippen MR) is 161 cm³/mol. The van der Waals surface area contributed by atoms with Crippen molar-refractivity contribution in [2.75, 3.05) is 13.2 Å². The number of amides is 2. The summed E-state index contributed by atoms with van der Waals surface area (Å²) in [6.07, 6.45) is 6.34. The maximum Gasteiger partial charge on any atom is 0.482 e. The maximum absolute atomic E-state index is 13.3. The van der Waals surface area contributed by atoms with Gasteiger partial charge in [0, 0.05) is 6.54 Å². The van der Waals surface area contributed by atoms with E-state index in [9.17, 15) is 14.9 Å². The van der Waals surface area contributed by atoms with Crippen LogP contribution in [-0.2, 0) is 25.3 Å². The van der Waals surface area contributed by atoms with Gasteiger partial charge in [0.25, 0.3) is 5.91 Å². The highest BCUT2D eigenvalue weighted by Crippen LogP contribution is 2.65. The molecule has 1 N–H and O–H groups in total. The molecule has 6 atom stereocenters. The fourth-order valence-corrected chi connectivity index (χ4v) is 7.69. The van der Waals surface area contributed by atoms with E-state index in [1.54, 1.807) is 11.0 Å². The van der Waals surface area contributed by atoms with E-state index in [0.29, 0.717) is 31.2 Å². The molecule has 2 aliphatic heterocycles. The molecular formula is C33H46BN3O5. The number of alkyl carbamates (subject to hydrolysis) is 1. The summed E-state index contributed by atoms with van der Waals surface area (Å²) in [6.45, 7) is 13.3. The minimum absolute atomic E-state index is 0.00709. The lowest BCUT2D eigenvalue weighted by molar-refractivity contribution is -0.199. The molecule has 0 aromatic heterocycles. The predicted octanol–water partition coefficient (Wildman–Crippen LogP) is 5.47. The molecule has 2 heterocycles. The average Bonchev–Trinajstić information content (AvgIpc) is 3.31. The summed E-state index contributed by atoms with van der Waals surface area (Å²) >= 11 is 0. The fourth-order valence-electron chi connectivity index (χ4n) is 7.69. The van der Waals surface area contributed by atoms with E-state index in [4.69, 9.17) is 14.0 Å². The highest BCUT2D eigenvalue weighted by atomic mass is 16.7. The SMILES string of the molecule is CC(C)(C)C=C(C#N)C(=O)N1CCCCC1COC(=O)N[C@@H](Cc1ccccc1)B1O[C@@H]2C[C@@H]3C[C@@H](C3(C)C)[C@]2(C)O1. The first-order chi connectivity index (χ1) is 19.8. The third-order valence-electron chi connectivity index (χ3n) is 10.1. The summed E-state index contributed by atoms with van der Waals surface area (Å²) in [6, 6.07) is 11.8. The Balaban J connectivity index is 1.26. The molecule has 2 bridgehead atoms. The van der Waals surface area contributed by atoms with Crippen LogP contribution in [0.25, 0.3) is 0 Å². The quantitative estimate of drug-likeness (QED) is 0.263. The summed E-state index contributed by atoms with van der Waals surface area (Å²) in [5.41, 5.74) is 0.741. The van der Waals surface area contributed by atoms with Crippen LogP contribution < -0.4 is 5.32 Å². The van der Waals surface area contributed by atoms with Crippen LogP contribution in [0.3, 0.4) is 0 Å². The molecule has 6 rings (SSSR count). The van der Waals surface area contributed by atoms with Crippen molar-refractivity contribution in [3.63, 3.8) is 0 Å². The second kappa shape index (κ2) is 11.7. The van der Waals surface area contributed by atoms with Crippen molar-refractivity contribution in [3.8, 4) is 6.07 Å². The van der Waals surface area contributed by atoms with Crippen LogP contribution in [0.4, 0.5) is 4.79 Å². The van der Waals surface area contributed by atoms with Crippen LogP contribution in [0, 0.1) is 34.0 Å². The Labute approximate surface area is 251 Å². The van der Waals surface area contributed by atoms with Crippen LogP contribution in [0.5, 0.6) is 0 Å². The standard InChI is InChI=1S/C33H46BN3O5/c1-31(2,3)19-23(20-35)29(38)37-15-11-10-14-25(37)21-40-30(39)36-28(16-22-12-8-7-9-13-22)34-41-27-18-24-17-26(32(24,4)5)33(27,6)42-34/h7-9,12-13,19,24-28H,10-11,14-18,21H2,1-6H3,(H,36,39)/t24-,25?,26-,27+,28-,33-/m0/s1. The Hall–Kier alpha value is -2.83. The Kier molecular flexibility index (Phi) is 8.53. The zero-order valence-electron chi connectivity index (χ0n) is 26.0. The molecule has 8 nitrogen and oxygen atoms in total. The van der Waals surface area contributed by atoms with Gasteiger partial charge in [-0.15, -0.1) is 0 Å². The van der Waals surface area contributed by atoms with Gasteiger partial charge in [-0.25, -0.2) is 4.79 Å². The van der Waals surface area contributed by atoms with E-state index in [2.05, 4.69) is 32.2 Å². The molecule has 3 aliphatic carbocycles. The van der Waals surface area contributed by atoms with Crippen LogP contribution in [0.2, 0.25) is 0 Å². The lowest BCUT2D eigenvalue weighted by Crippen LogP contribution is -2.65. The number of nitrogens with zero attached hydrogens (tertiary/aromatic N) is 2. The Morgan fingerprint density at radius 3 is 2.62 bits per heavy atom. The molecule has 0 spiro atoms. The number of nitriles is 1. The van der Waals surface area contributed by atoms with Gasteiger partial charge in [-0.1, -0.05) is 71.0 Å². The number of hydrogen-bond donors (Lipinski definition) is 1. The smallest absolute Gasteiger partial charge is 0.447 e. The fraction of sp³-hybridized carbons (Fsp3) is 0.667. The molecule has 3 saturated carbocycles. The van der Waals surface area contributed by atoms with Gasteiger partial charge in [-0.05, 0) is 73.7 Å².